The van der Waals surface area contributed by atoms with E-state index in [1.807, 2.05) is 0 Å². The lowest BCUT2D eigenvalue weighted by molar-refractivity contribution is -0.141. The minimum absolute atomic E-state index is 0.257. The molecule has 1 aliphatic heterocycles. The van der Waals surface area contributed by atoms with Crippen LogP contribution in [-0.4, -0.2) is 9.55 Å². The molecule has 0 fully saturated rings. The van der Waals surface area contributed by atoms with E-state index in [2.05, 4.69) is 4.98 Å². The van der Waals surface area contributed by atoms with Crippen molar-refractivity contribution in [1.29, 1.82) is 0 Å². The number of hydrogen-bond donors (Lipinski definition) is 0. The molecule has 0 spiro atoms. The van der Waals surface area contributed by atoms with Crippen LogP contribution in [0, 0.1) is 6.92 Å². The molecule has 0 aromatic carbocycles. The predicted octanol–water partition coefficient (Wildman–Crippen LogP) is 2.55. The Labute approximate surface area is 79.8 Å². The Morgan fingerprint density at radius 2 is 2.00 bits per heavy atom. The molecule has 1 aliphatic rings. The molecule has 1 aromatic heterocycles. The fourth-order valence-electron chi connectivity index (χ4n) is 1.90. The smallest absolute Gasteiger partial charge is 0.332 e. The number of halogens is 3. The highest BCUT2D eigenvalue weighted by atomic mass is 19.4. The Kier molecular flexibility index (Phi) is 2.05. The number of aromatic nitrogens is 2. The summed E-state index contributed by atoms with van der Waals surface area (Å²) in [5.41, 5.74) is -0.457. The molecule has 0 amide bonds. The molecule has 5 heteroatoms. The lowest BCUT2D eigenvalue weighted by Crippen LogP contribution is -2.12. The quantitative estimate of drug-likeness (QED) is 0.635. The van der Waals surface area contributed by atoms with Gasteiger partial charge < -0.3 is 4.57 Å². The minimum atomic E-state index is -4.31. The highest BCUT2D eigenvalue weighted by Crippen LogP contribution is 2.32. The molecular formula is C9H11F3N2. The van der Waals surface area contributed by atoms with Gasteiger partial charge in [0.2, 0.25) is 0 Å². The molecule has 78 valence electrons. The Hall–Kier alpha value is -1.00. The normalized spacial score (nSPS) is 16.9. The van der Waals surface area contributed by atoms with Gasteiger partial charge in [0, 0.05) is 18.7 Å². The summed E-state index contributed by atoms with van der Waals surface area (Å²) < 4.78 is 39.1. The first-order valence-electron chi connectivity index (χ1n) is 4.63. The molecule has 1 aromatic rings. The van der Waals surface area contributed by atoms with E-state index in [4.69, 9.17) is 0 Å². The van der Waals surface area contributed by atoms with Gasteiger partial charge in [-0.15, -0.1) is 0 Å². The molecule has 0 saturated carbocycles. The lowest BCUT2D eigenvalue weighted by atomic mass is 10.2. The summed E-state index contributed by atoms with van der Waals surface area (Å²) >= 11 is 0. The molecular weight excluding hydrogens is 193 g/mol. The Morgan fingerprint density at radius 1 is 1.29 bits per heavy atom. The summed E-state index contributed by atoms with van der Waals surface area (Å²) in [5, 5.41) is 0. The van der Waals surface area contributed by atoms with E-state index in [-0.39, 0.29) is 5.69 Å². The van der Waals surface area contributed by atoms with E-state index in [1.54, 1.807) is 4.57 Å². The van der Waals surface area contributed by atoms with Crippen LogP contribution in [0.25, 0.3) is 0 Å². The van der Waals surface area contributed by atoms with Crippen molar-refractivity contribution in [1.82, 2.24) is 9.55 Å². The molecule has 0 N–H and O–H groups in total. The van der Waals surface area contributed by atoms with Crippen LogP contribution in [0.5, 0.6) is 0 Å². The average molecular weight is 204 g/mol. The molecule has 2 heterocycles. The largest absolute Gasteiger partial charge is 0.435 e. The molecule has 0 saturated heterocycles. The predicted molar refractivity (Wildman–Crippen MR) is 44.9 cm³/mol. The highest BCUT2D eigenvalue weighted by Gasteiger charge is 2.37. The van der Waals surface area contributed by atoms with Crippen LogP contribution >= 0.6 is 0 Å². The van der Waals surface area contributed by atoms with Gasteiger partial charge in [0.25, 0.3) is 0 Å². The Balaban J connectivity index is 2.49. The van der Waals surface area contributed by atoms with Crippen molar-refractivity contribution in [3.05, 3.63) is 17.2 Å². The van der Waals surface area contributed by atoms with Crippen LogP contribution in [-0.2, 0) is 19.1 Å². The fourth-order valence-corrected chi connectivity index (χ4v) is 1.90. The van der Waals surface area contributed by atoms with Crippen molar-refractivity contribution in [3.63, 3.8) is 0 Å². The monoisotopic (exact) mass is 204 g/mol. The third-order valence-corrected chi connectivity index (χ3v) is 2.60. The first kappa shape index (κ1) is 9.55. The van der Waals surface area contributed by atoms with Gasteiger partial charge in [-0.3, -0.25) is 0 Å². The van der Waals surface area contributed by atoms with Crippen LogP contribution in [0.15, 0.2) is 0 Å². The van der Waals surface area contributed by atoms with Gasteiger partial charge in [-0.1, -0.05) is 0 Å². The fraction of sp³-hybridized carbons (Fsp3) is 0.667. The van der Waals surface area contributed by atoms with Crippen molar-refractivity contribution in [2.75, 3.05) is 0 Å². The number of imidazole rings is 1. The number of rotatable bonds is 0. The first-order chi connectivity index (χ1) is 6.50. The van der Waals surface area contributed by atoms with Crippen LogP contribution in [0.4, 0.5) is 13.2 Å². The van der Waals surface area contributed by atoms with Gasteiger partial charge in [-0.2, -0.15) is 13.2 Å². The van der Waals surface area contributed by atoms with Gasteiger partial charge in [0.15, 0.2) is 5.69 Å². The highest BCUT2D eigenvalue weighted by molar-refractivity contribution is 5.19. The summed E-state index contributed by atoms with van der Waals surface area (Å²) in [7, 11) is 0. The van der Waals surface area contributed by atoms with E-state index in [0.717, 1.165) is 12.8 Å². The van der Waals surface area contributed by atoms with Crippen LogP contribution < -0.4 is 0 Å². The molecule has 0 radical (unpaired) electrons. The summed E-state index contributed by atoms with van der Waals surface area (Å²) in [6.45, 7) is 2.16. The number of hydrogen-bond acceptors (Lipinski definition) is 1. The van der Waals surface area contributed by atoms with Crippen LogP contribution in [0.3, 0.4) is 0 Å². The van der Waals surface area contributed by atoms with Gasteiger partial charge in [0.1, 0.15) is 5.82 Å². The number of alkyl halides is 3. The Bertz CT molecular complexity index is 352. The van der Waals surface area contributed by atoms with Crippen LogP contribution in [0.1, 0.15) is 30.1 Å². The second-order valence-corrected chi connectivity index (χ2v) is 3.57. The third-order valence-electron chi connectivity index (χ3n) is 2.60. The van der Waals surface area contributed by atoms with Crippen molar-refractivity contribution in [2.45, 2.75) is 38.9 Å². The molecule has 2 nitrogen and oxygen atoms in total. The minimum Gasteiger partial charge on any atom is -0.332 e. The van der Waals surface area contributed by atoms with Gasteiger partial charge in [-0.05, 0) is 19.8 Å². The van der Waals surface area contributed by atoms with Gasteiger partial charge in [0.05, 0.1) is 0 Å². The third kappa shape index (κ3) is 1.40. The van der Waals surface area contributed by atoms with Crippen molar-refractivity contribution in [3.8, 4) is 0 Å². The SMILES string of the molecule is Cc1c(C(F)(F)F)nc2n1CCCC2. The number of fused-ring (bicyclic) bond motifs is 1. The van der Waals surface area contributed by atoms with E-state index in [1.165, 1.54) is 6.92 Å². The van der Waals surface area contributed by atoms with E-state index < -0.39 is 11.9 Å². The maximum atomic E-state index is 12.5. The molecule has 0 aliphatic carbocycles. The molecule has 0 bridgehead atoms. The van der Waals surface area contributed by atoms with Crippen molar-refractivity contribution >= 4 is 0 Å². The molecule has 0 unspecified atom stereocenters. The zero-order valence-corrected chi connectivity index (χ0v) is 7.86. The Morgan fingerprint density at radius 3 is 2.57 bits per heavy atom. The van der Waals surface area contributed by atoms with Crippen molar-refractivity contribution in [2.24, 2.45) is 0 Å². The second kappa shape index (κ2) is 3.00. The van der Waals surface area contributed by atoms with Gasteiger partial charge >= 0.3 is 6.18 Å². The molecule has 14 heavy (non-hydrogen) atoms. The van der Waals surface area contributed by atoms with E-state index in [0.29, 0.717) is 18.8 Å². The summed E-state index contributed by atoms with van der Waals surface area (Å²) in [6, 6.07) is 0. The maximum Gasteiger partial charge on any atom is 0.435 e. The van der Waals surface area contributed by atoms with E-state index in [9.17, 15) is 13.2 Å². The van der Waals surface area contributed by atoms with Crippen molar-refractivity contribution < 1.29 is 13.2 Å². The second-order valence-electron chi connectivity index (χ2n) is 3.57. The maximum absolute atomic E-state index is 12.5. The lowest BCUT2D eigenvalue weighted by Gasteiger charge is -2.14. The molecule has 0 atom stereocenters. The standard InChI is InChI=1S/C9H11F3N2/c1-6-8(9(10,11)12)13-7-4-2-3-5-14(6)7/h2-5H2,1H3. The summed E-state index contributed by atoms with van der Waals surface area (Å²) in [6.07, 6.45) is -1.76. The average Bonchev–Trinajstić information content (AvgIpc) is 2.44. The van der Waals surface area contributed by atoms with E-state index >= 15 is 0 Å². The number of nitrogens with zero attached hydrogens (tertiary/aromatic N) is 2. The molecule has 2 rings (SSSR count). The zero-order chi connectivity index (χ0) is 10.3. The zero-order valence-electron chi connectivity index (χ0n) is 7.86. The summed E-state index contributed by atoms with van der Waals surface area (Å²) in [4.78, 5) is 3.66. The number of aryl methyl sites for hydroxylation is 1. The summed E-state index contributed by atoms with van der Waals surface area (Å²) in [5.74, 6) is 0.584. The van der Waals surface area contributed by atoms with Crippen LogP contribution in [0.2, 0.25) is 0 Å². The first-order valence-corrected chi connectivity index (χ1v) is 4.63. The van der Waals surface area contributed by atoms with Gasteiger partial charge in [-0.25, -0.2) is 4.98 Å². The topological polar surface area (TPSA) is 17.8 Å².